The van der Waals surface area contributed by atoms with Crippen LogP contribution in [0.2, 0.25) is 5.15 Å². The summed E-state index contributed by atoms with van der Waals surface area (Å²) < 4.78 is 77.7. The molecule has 3 heterocycles. The standard InChI is InChI=1S/C12H4BrClF6N4OS/c13-9-8(12(18,19)20)26-10-21-4(1-7(25)24(9)10)3-23-6(14)2-5(22-23)11(15,16)17/h1-2H,3H2. The fourth-order valence-electron chi connectivity index (χ4n) is 2.04. The maximum absolute atomic E-state index is 12.9. The number of aromatic nitrogens is 4. The van der Waals surface area contributed by atoms with Crippen LogP contribution in [0.15, 0.2) is 21.5 Å². The summed E-state index contributed by atoms with van der Waals surface area (Å²) >= 11 is 8.62. The van der Waals surface area contributed by atoms with E-state index in [1.54, 1.807) is 0 Å². The third-order valence-corrected chi connectivity index (χ3v) is 5.51. The molecule has 3 aromatic heterocycles. The summed E-state index contributed by atoms with van der Waals surface area (Å²) in [6, 6.07) is 1.49. The Kier molecular flexibility index (Phi) is 4.60. The topological polar surface area (TPSA) is 52.2 Å². The molecule has 140 valence electrons. The lowest BCUT2D eigenvalue weighted by atomic mass is 10.4. The molecular weight excluding hydrogens is 478 g/mol. The van der Waals surface area contributed by atoms with E-state index in [1.165, 1.54) is 0 Å². The molecule has 3 aromatic rings. The first-order valence-electron chi connectivity index (χ1n) is 6.46. The first-order chi connectivity index (χ1) is 11.9. The predicted molar refractivity (Wildman–Crippen MR) is 83.4 cm³/mol. The minimum absolute atomic E-state index is 0.0869. The highest BCUT2D eigenvalue weighted by Gasteiger charge is 2.37. The van der Waals surface area contributed by atoms with E-state index < -0.39 is 39.6 Å². The van der Waals surface area contributed by atoms with Crippen molar-refractivity contribution in [2.24, 2.45) is 0 Å². The second kappa shape index (κ2) is 6.23. The van der Waals surface area contributed by atoms with Gasteiger partial charge in [0, 0.05) is 12.1 Å². The van der Waals surface area contributed by atoms with Crippen molar-refractivity contribution in [3.05, 3.63) is 48.5 Å². The van der Waals surface area contributed by atoms with Crippen molar-refractivity contribution in [1.29, 1.82) is 0 Å². The van der Waals surface area contributed by atoms with Crippen molar-refractivity contribution >= 4 is 43.8 Å². The van der Waals surface area contributed by atoms with Gasteiger partial charge < -0.3 is 0 Å². The SMILES string of the molecule is O=c1cc(Cn2nc(C(F)(F)F)cc2Cl)nc2sc(C(F)(F)F)c(Br)n12. The Morgan fingerprint density at radius 3 is 2.35 bits per heavy atom. The van der Waals surface area contributed by atoms with Crippen molar-refractivity contribution in [1.82, 2.24) is 19.2 Å². The minimum atomic E-state index is -4.72. The predicted octanol–water partition coefficient (Wildman–Crippen LogP) is 4.45. The Labute approximate surface area is 157 Å². The van der Waals surface area contributed by atoms with Gasteiger partial charge in [-0.15, -0.1) is 0 Å². The van der Waals surface area contributed by atoms with E-state index in [1.807, 2.05) is 0 Å². The number of rotatable bonds is 2. The molecule has 0 spiro atoms. The Bertz CT molecular complexity index is 1050. The molecule has 0 saturated heterocycles. The zero-order valence-corrected chi connectivity index (χ0v) is 15.1. The molecule has 0 aromatic carbocycles. The number of halogens is 8. The molecule has 0 radical (unpaired) electrons. The summed E-state index contributed by atoms with van der Waals surface area (Å²) in [4.78, 5) is 14.6. The highest BCUT2D eigenvalue weighted by Crippen LogP contribution is 2.39. The van der Waals surface area contributed by atoms with Crippen LogP contribution in [0.25, 0.3) is 4.96 Å². The second-order valence-electron chi connectivity index (χ2n) is 4.93. The second-order valence-corrected chi connectivity index (χ2v) is 7.05. The average molecular weight is 482 g/mol. The summed E-state index contributed by atoms with van der Waals surface area (Å²) in [5.41, 5.74) is -2.15. The highest BCUT2D eigenvalue weighted by molar-refractivity contribution is 9.10. The first-order valence-corrected chi connectivity index (χ1v) is 8.45. The molecule has 0 aliphatic carbocycles. The van der Waals surface area contributed by atoms with Crippen LogP contribution in [0.1, 0.15) is 16.3 Å². The summed E-state index contributed by atoms with van der Waals surface area (Å²) in [5, 5.41) is 2.91. The van der Waals surface area contributed by atoms with Crippen molar-refractivity contribution in [3.63, 3.8) is 0 Å². The molecule has 0 aliphatic heterocycles. The maximum Gasteiger partial charge on any atom is 0.435 e. The molecule has 0 amide bonds. The number of nitrogens with zero attached hydrogens (tertiary/aromatic N) is 4. The summed E-state index contributed by atoms with van der Waals surface area (Å²) in [7, 11) is 0. The minimum Gasteiger partial charge on any atom is -0.269 e. The summed E-state index contributed by atoms with van der Waals surface area (Å²) in [5.74, 6) is 0. The summed E-state index contributed by atoms with van der Waals surface area (Å²) in [6.45, 7) is -0.419. The molecule has 0 fully saturated rings. The van der Waals surface area contributed by atoms with Crippen LogP contribution in [-0.4, -0.2) is 19.2 Å². The van der Waals surface area contributed by atoms with E-state index in [4.69, 9.17) is 11.6 Å². The zero-order valence-electron chi connectivity index (χ0n) is 12.0. The van der Waals surface area contributed by atoms with Gasteiger partial charge in [-0.1, -0.05) is 22.9 Å². The Morgan fingerprint density at radius 1 is 1.15 bits per heavy atom. The number of thiazole rings is 1. The van der Waals surface area contributed by atoms with Gasteiger partial charge in [-0.3, -0.25) is 4.79 Å². The first kappa shape index (κ1) is 19.2. The number of hydrogen-bond acceptors (Lipinski definition) is 4. The Hall–Kier alpha value is -1.60. The molecule has 14 heteroatoms. The van der Waals surface area contributed by atoms with E-state index in [9.17, 15) is 31.1 Å². The van der Waals surface area contributed by atoms with Gasteiger partial charge >= 0.3 is 12.4 Å². The Balaban J connectivity index is 2.05. The average Bonchev–Trinajstić information content (AvgIpc) is 3.00. The van der Waals surface area contributed by atoms with Crippen molar-refractivity contribution in [2.45, 2.75) is 18.9 Å². The van der Waals surface area contributed by atoms with E-state index in [0.29, 0.717) is 10.5 Å². The quantitative estimate of drug-likeness (QED) is 0.508. The van der Waals surface area contributed by atoms with Gasteiger partial charge in [-0.05, 0) is 15.9 Å². The van der Waals surface area contributed by atoms with Crippen LogP contribution >= 0.6 is 38.9 Å². The van der Waals surface area contributed by atoms with Gasteiger partial charge in [-0.25, -0.2) is 14.1 Å². The van der Waals surface area contributed by atoms with Crippen LogP contribution in [0.4, 0.5) is 26.3 Å². The Morgan fingerprint density at radius 2 is 1.81 bits per heavy atom. The largest absolute Gasteiger partial charge is 0.435 e. The molecule has 0 aliphatic rings. The molecule has 0 bridgehead atoms. The fourth-order valence-corrected chi connectivity index (χ4v) is 4.08. The molecule has 0 N–H and O–H groups in total. The summed E-state index contributed by atoms with van der Waals surface area (Å²) in [6.07, 6.45) is -9.41. The molecule has 0 unspecified atom stereocenters. The highest BCUT2D eigenvalue weighted by atomic mass is 79.9. The third kappa shape index (κ3) is 3.47. The smallest absolute Gasteiger partial charge is 0.269 e. The van der Waals surface area contributed by atoms with Crippen LogP contribution < -0.4 is 5.56 Å². The number of alkyl halides is 6. The van der Waals surface area contributed by atoms with E-state index >= 15 is 0 Å². The van der Waals surface area contributed by atoms with E-state index in [-0.39, 0.29) is 27.1 Å². The normalized spacial score (nSPS) is 12.9. The van der Waals surface area contributed by atoms with Crippen LogP contribution in [0.5, 0.6) is 0 Å². The van der Waals surface area contributed by atoms with Crippen LogP contribution in [0, 0.1) is 0 Å². The van der Waals surface area contributed by atoms with Gasteiger partial charge in [0.25, 0.3) is 5.56 Å². The van der Waals surface area contributed by atoms with Crippen molar-refractivity contribution in [3.8, 4) is 0 Å². The third-order valence-electron chi connectivity index (χ3n) is 3.11. The van der Waals surface area contributed by atoms with Gasteiger partial charge in [-0.2, -0.15) is 31.4 Å². The van der Waals surface area contributed by atoms with Gasteiger partial charge in [0.2, 0.25) is 0 Å². The van der Waals surface area contributed by atoms with Crippen molar-refractivity contribution < 1.29 is 26.3 Å². The zero-order chi connectivity index (χ0) is 19.4. The molecular formula is C12H4BrClF6N4OS. The molecule has 26 heavy (non-hydrogen) atoms. The van der Waals surface area contributed by atoms with E-state index in [0.717, 1.165) is 10.7 Å². The van der Waals surface area contributed by atoms with Gasteiger partial charge in [0.15, 0.2) is 10.7 Å². The molecule has 0 atom stereocenters. The lowest BCUT2D eigenvalue weighted by Gasteiger charge is -2.04. The molecule has 0 saturated carbocycles. The van der Waals surface area contributed by atoms with Gasteiger partial charge in [0.05, 0.1) is 12.2 Å². The monoisotopic (exact) mass is 480 g/mol. The lowest BCUT2D eigenvalue weighted by Crippen LogP contribution is -2.17. The van der Waals surface area contributed by atoms with Gasteiger partial charge in [0.1, 0.15) is 14.6 Å². The van der Waals surface area contributed by atoms with Crippen LogP contribution in [-0.2, 0) is 18.9 Å². The van der Waals surface area contributed by atoms with Crippen LogP contribution in [0.3, 0.4) is 0 Å². The molecule has 5 nitrogen and oxygen atoms in total. The fraction of sp³-hybridized carbons (Fsp3) is 0.250. The maximum atomic E-state index is 12.9. The number of hydrogen-bond donors (Lipinski definition) is 0. The molecule has 3 rings (SSSR count). The lowest BCUT2D eigenvalue weighted by molar-refractivity contribution is -0.141. The van der Waals surface area contributed by atoms with E-state index in [2.05, 4.69) is 26.0 Å². The van der Waals surface area contributed by atoms with Crippen molar-refractivity contribution in [2.75, 3.05) is 0 Å². The number of fused-ring (bicyclic) bond motifs is 1.